The van der Waals surface area contributed by atoms with Gasteiger partial charge in [0.15, 0.2) is 6.61 Å². The summed E-state index contributed by atoms with van der Waals surface area (Å²) in [4.78, 5) is 12.1. The van der Waals surface area contributed by atoms with Crippen molar-refractivity contribution in [3.63, 3.8) is 0 Å². The number of hydrogen-bond donors (Lipinski definition) is 1. The summed E-state index contributed by atoms with van der Waals surface area (Å²) in [7, 11) is 0. The van der Waals surface area contributed by atoms with Crippen LogP contribution in [0.3, 0.4) is 0 Å². The Morgan fingerprint density at radius 2 is 1.92 bits per heavy atom. The van der Waals surface area contributed by atoms with E-state index in [1.54, 1.807) is 0 Å². The lowest BCUT2D eigenvalue weighted by Gasteiger charge is -2.10. The highest BCUT2D eigenvalue weighted by atomic mass is 79.9. The molecule has 0 saturated heterocycles. The maximum Gasteiger partial charge on any atom is 0.277 e. The molecule has 138 valence electrons. The van der Waals surface area contributed by atoms with Crippen LogP contribution < -0.4 is 10.2 Å². The Bertz CT molecular complexity index is 745. The molecule has 0 aliphatic rings. The van der Waals surface area contributed by atoms with Crippen molar-refractivity contribution in [2.45, 2.75) is 39.5 Å². The molecule has 0 radical (unpaired) electrons. The number of unbranched alkanes of at least 4 members (excludes halogenated alkanes) is 2. The first kappa shape index (κ1) is 20.2. The molecule has 2 aromatic rings. The largest absolute Gasteiger partial charge is 0.483 e. The summed E-state index contributed by atoms with van der Waals surface area (Å²) in [6.45, 7) is 4.04. The van der Waals surface area contributed by atoms with Crippen LogP contribution in [0.4, 0.5) is 0 Å². The van der Waals surface area contributed by atoms with Crippen molar-refractivity contribution in [3.05, 3.63) is 64.1 Å². The van der Waals surface area contributed by atoms with Crippen LogP contribution in [0.25, 0.3) is 0 Å². The number of hydrogen-bond acceptors (Lipinski definition) is 3. The number of hydrazone groups is 1. The Hall–Kier alpha value is -2.14. The maximum atomic E-state index is 12.1. The molecule has 0 saturated carbocycles. The zero-order valence-electron chi connectivity index (χ0n) is 15.3. The number of nitrogens with one attached hydrogen (secondary N) is 1. The Morgan fingerprint density at radius 3 is 2.62 bits per heavy atom. The first-order valence-corrected chi connectivity index (χ1v) is 9.69. The SMILES string of the molecule is CCCCCC(=NNC(=O)COc1ccc(Br)cc1C)c1ccccc1. The number of aryl methyl sites for hydroxylation is 1. The minimum absolute atomic E-state index is 0.0665. The van der Waals surface area contributed by atoms with Crippen LogP contribution in [-0.2, 0) is 4.79 Å². The number of ether oxygens (including phenoxy) is 1. The third-order valence-electron chi connectivity index (χ3n) is 3.94. The zero-order chi connectivity index (χ0) is 18.8. The number of nitrogens with zero attached hydrogens (tertiary/aromatic N) is 1. The van der Waals surface area contributed by atoms with Gasteiger partial charge in [-0.05, 0) is 49.1 Å². The van der Waals surface area contributed by atoms with Gasteiger partial charge in [-0.2, -0.15) is 5.10 Å². The third-order valence-corrected chi connectivity index (χ3v) is 4.43. The summed E-state index contributed by atoms with van der Waals surface area (Å²) in [5.74, 6) is 0.426. The number of amides is 1. The standard InChI is InChI=1S/C21H25BrN2O2/c1-3-4-6-11-19(17-9-7-5-8-10-17)23-24-21(25)15-26-20-13-12-18(22)14-16(20)2/h5,7-10,12-14H,3-4,6,11,15H2,1-2H3,(H,24,25). The lowest BCUT2D eigenvalue weighted by Crippen LogP contribution is -2.26. The van der Waals surface area contributed by atoms with Gasteiger partial charge in [-0.1, -0.05) is 66.0 Å². The van der Waals surface area contributed by atoms with Crippen LogP contribution in [0, 0.1) is 6.92 Å². The summed E-state index contributed by atoms with van der Waals surface area (Å²) in [5, 5.41) is 4.34. The molecule has 0 heterocycles. The average molecular weight is 417 g/mol. The van der Waals surface area contributed by atoms with E-state index >= 15 is 0 Å². The fourth-order valence-electron chi connectivity index (χ4n) is 2.52. The van der Waals surface area contributed by atoms with Gasteiger partial charge in [0.25, 0.3) is 5.91 Å². The van der Waals surface area contributed by atoms with Crippen LogP contribution in [0.5, 0.6) is 5.75 Å². The van der Waals surface area contributed by atoms with Crippen molar-refractivity contribution in [1.29, 1.82) is 0 Å². The lowest BCUT2D eigenvalue weighted by molar-refractivity contribution is -0.123. The van der Waals surface area contributed by atoms with E-state index in [4.69, 9.17) is 4.74 Å². The lowest BCUT2D eigenvalue weighted by atomic mass is 10.0. The van der Waals surface area contributed by atoms with E-state index in [2.05, 4.69) is 33.4 Å². The molecule has 1 amide bonds. The minimum atomic E-state index is -0.267. The number of carbonyl (C=O) groups excluding carboxylic acids is 1. The summed E-state index contributed by atoms with van der Waals surface area (Å²) in [5.41, 5.74) is 5.53. The Kier molecular flexibility index (Phi) is 8.35. The third kappa shape index (κ3) is 6.64. The highest BCUT2D eigenvalue weighted by Crippen LogP contribution is 2.21. The highest BCUT2D eigenvalue weighted by molar-refractivity contribution is 9.10. The second-order valence-corrected chi connectivity index (χ2v) is 7.03. The van der Waals surface area contributed by atoms with Gasteiger partial charge in [-0.3, -0.25) is 4.79 Å². The van der Waals surface area contributed by atoms with Crippen LogP contribution in [0.15, 0.2) is 58.1 Å². The normalized spacial score (nSPS) is 11.3. The highest BCUT2D eigenvalue weighted by Gasteiger charge is 2.07. The Morgan fingerprint density at radius 1 is 1.15 bits per heavy atom. The van der Waals surface area contributed by atoms with Crippen molar-refractivity contribution in [1.82, 2.24) is 5.43 Å². The van der Waals surface area contributed by atoms with E-state index in [-0.39, 0.29) is 12.5 Å². The van der Waals surface area contributed by atoms with Crippen molar-refractivity contribution >= 4 is 27.5 Å². The Labute approximate surface area is 163 Å². The number of benzene rings is 2. The second kappa shape index (κ2) is 10.8. The van der Waals surface area contributed by atoms with Crippen LogP contribution in [0.1, 0.15) is 43.7 Å². The molecule has 0 bridgehead atoms. The Balaban J connectivity index is 1.95. The van der Waals surface area contributed by atoms with Crippen molar-refractivity contribution in [2.75, 3.05) is 6.61 Å². The molecule has 0 aliphatic carbocycles. The molecular weight excluding hydrogens is 392 g/mol. The molecule has 0 spiro atoms. The van der Waals surface area contributed by atoms with Crippen molar-refractivity contribution in [3.8, 4) is 5.75 Å². The van der Waals surface area contributed by atoms with Crippen LogP contribution in [0.2, 0.25) is 0 Å². The molecular formula is C21H25BrN2O2. The first-order valence-electron chi connectivity index (χ1n) is 8.90. The van der Waals surface area contributed by atoms with Gasteiger partial charge in [-0.25, -0.2) is 5.43 Å². The van der Waals surface area contributed by atoms with E-state index in [0.29, 0.717) is 5.75 Å². The minimum Gasteiger partial charge on any atom is -0.483 e. The summed E-state index contributed by atoms with van der Waals surface area (Å²) < 4.78 is 6.57. The van der Waals surface area contributed by atoms with E-state index in [1.165, 1.54) is 0 Å². The predicted octanol–water partition coefficient (Wildman–Crippen LogP) is 5.24. The molecule has 0 atom stereocenters. The summed E-state index contributed by atoms with van der Waals surface area (Å²) in [6, 6.07) is 15.6. The van der Waals surface area contributed by atoms with E-state index in [9.17, 15) is 4.79 Å². The quantitative estimate of drug-likeness (QED) is 0.345. The second-order valence-electron chi connectivity index (χ2n) is 6.12. The van der Waals surface area contributed by atoms with Gasteiger partial charge in [0.05, 0.1) is 5.71 Å². The topological polar surface area (TPSA) is 50.7 Å². The fourth-order valence-corrected chi connectivity index (χ4v) is 2.99. The number of rotatable bonds is 9. The van der Waals surface area contributed by atoms with Crippen LogP contribution in [-0.4, -0.2) is 18.2 Å². The van der Waals surface area contributed by atoms with Gasteiger partial charge in [0.1, 0.15) is 5.75 Å². The molecule has 2 rings (SSSR count). The molecule has 5 heteroatoms. The van der Waals surface area contributed by atoms with Crippen molar-refractivity contribution in [2.24, 2.45) is 5.10 Å². The molecule has 0 aliphatic heterocycles. The molecule has 1 N–H and O–H groups in total. The molecule has 2 aromatic carbocycles. The number of halogens is 1. The van der Waals surface area contributed by atoms with E-state index < -0.39 is 0 Å². The predicted molar refractivity (Wildman–Crippen MR) is 110 cm³/mol. The van der Waals surface area contributed by atoms with Gasteiger partial charge >= 0.3 is 0 Å². The zero-order valence-corrected chi connectivity index (χ0v) is 16.9. The van der Waals surface area contributed by atoms with Crippen molar-refractivity contribution < 1.29 is 9.53 Å². The summed E-state index contributed by atoms with van der Waals surface area (Å²) >= 11 is 3.41. The van der Waals surface area contributed by atoms with E-state index in [1.807, 2.05) is 55.5 Å². The summed E-state index contributed by atoms with van der Waals surface area (Å²) in [6.07, 6.45) is 4.18. The molecule has 4 nitrogen and oxygen atoms in total. The molecule has 0 aromatic heterocycles. The molecule has 0 unspecified atom stereocenters. The van der Waals surface area contributed by atoms with Gasteiger partial charge in [0.2, 0.25) is 0 Å². The maximum absolute atomic E-state index is 12.1. The van der Waals surface area contributed by atoms with Gasteiger partial charge < -0.3 is 4.74 Å². The first-order chi connectivity index (χ1) is 12.6. The van der Waals surface area contributed by atoms with Gasteiger partial charge in [-0.15, -0.1) is 0 Å². The monoisotopic (exact) mass is 416 g/mol. The number of carbonyl (C=O) groups is 1. The van der Waals surface area contributed by atoms with E-state index in [0.717, 1.165) is 47.0 Å². The van der Waals surface area contributed by atoms with Crippen LogP contribution >= 0.6 is 15.9 Å². The molecule has 0 fully saturated rings. The van der Waals surface area contributed by atoms with Gasteiger partial charge in [0, 0.05) is 4.47 Å². The molecule has 26 heavy (non-hydrogen) atoms. The average Bonchev–Trinajstić information content (AvgIpc) is 2.64. The fraction of sp³-hybridized carbons (Fsp3) is 0.333. The smallest absolute Gasteiger partial charge is 0.277 e.